The van der Waals surface area contributed by atoms with Crippen molar-refractivity contribution in [1.29, 1.82) is 0 Å². The van der Waals surface area contributed by atoms with Crippen molar-refractivity contribution in [2.45, 2.75) is 137 Å². The minimum atomic E-state index is -3.91. The van der Waals surface area contributed by atoms with E-state index in [-0.39, 0.29) is 11.9 Å². The number of thiol groups is 2. The predicted molar refractivity (Wildman–Crippen MR) is 140 cm³/mol. The van der Waals surface area contributed by atoms with Crippen LogP contribution < -0.4 is 0 Å². The van der Waals surface area contributed by atoms with E-state index in [0.29, 0.717) is 12.8 Å². The molecule has 2 atom stereocenters. The van der Waals surface area contributed by atoms with Crippen molar-refractivity contribution in [2.24, 2.45) is 0 Å². The van der Waals surface area contributed by atoms with E-state index in [4.69, 9.17) is 6.15 Å². The molecule has 0 saturated heterocycles. The summed E-state index contributed by atoms with van der Waals surface area (Å²) in [5.74, 6) is -0.566. The Morgan fingerprint density at radius 1 is 0.613 bits per heavy atom. The summed E-state index contributed by atoms with van der Waals surface area (Å²) in [6.45, 7) is 8.57. The van der Waals surface area contributed by atoms with E-state index >= 15 is 0 Å². The zero-order valence-electron chi connectivity index (χ0n) is 20.5. The average Bonchev–Trinajstić information content (AvgIpc) is 2.76. The Labute approximate surface area is 208 Å². The van der Waals surface area contributed by atoms with Crippen LogP contribution in [0.15, 0.2) is 0 Å². The van der Waals surface area contributed by atoms with Gasteiger partial charge in [-0.2, -0.15) is 0 Å². The molecule has 2 unspecified atom stereocenters. The zero-order chi connectivity index (χ0) is 23.5. The van der Waals surface area contributed by atoms with Gasteiger partial charge >= 0.3 is 209 Å². The van der Waals surface area contributed by atoms with Crippen LogP contribution in [0.2, 0.25) is 8.87 Å². The van der Waals surface area contributed by atoms with Crippen LogP contribution in [0.3, 0.4) is 0 Å². The first-order valence-corrected chi connectivity index (χ1v) is 20.1. The maximum atomic E-state index is 12.9. The molecule has 0 saturated carbocycles. The van der Waals surface area contributed by atoms with Gasteiger partial charge in [0.05, 0.1) is 0 Å². The molecule has 0 aromatic carbocycles. The van der Waals surface area contributed by atoms with Crippen LogP contribution in [0.25, 0.3) is 0 Å². The fourth-order valence-electron chi connectivity index (χ4n) is 3.51. The molecule has 0 aliphatic rings. The Morgan fingerprint density at radius 2 is 0.968 bits per heavy atom. The molecule has 0 spiro atoms. The van der Waals surface area contributed by atoms with E-state index in [0.717, 1.165) is 73.1 Å². The molecule has 0 rings (SSSR count). The third-order valence-electron chi connectivity index (χ3n) is 5.60. The summed E-state index contributed by atoms with van der Waals surface area (Å²) in [7, 11) is 0. The van der Waals surface area contributed by atoms with Crippen molar-refractivity contribution < 1.29 is 15.7 Å². The molecule has 0 bridgehead atoms. The molecule has 31 heavy (non-hydrogen) atoms. The standard InChI is InChI=1S/2C8H16O2S.2C4H9.Sn/c2*1-2-3-4-5-6-7(11)8(9)10;2*1-3-4-2;/h2*7,11H,2-6H2,1H3,(H,9,10);2*1,3-4H2,2H3;/q;;;;+2/p-2. The van der Waals surface area contributed by atoms with Crippen LogP contribution in [-0.4, -0.2) is 41.6 Å². The number of carbonyl (C=O) groups is 2. The molecule has 0 fully saturated rings. The molecule has 0 aromatic rings. The fraction of sp³-hybridized carbons (Fsp3) is 0.917. The van der Waals surface area contributed by atoms with Gasteiger partial charge in [-0.1, -0.05) is 0 Å². The van der Waals surface area contributed by atoms with Crippen LogP contribution in [0, 0.1) is 0 Å². The summed E-state index contributed by atoms with van der Waals surface area (Å²) in [4.78, 5) is 25.8. The van der Waals surface area contributed by atoms with Crippen LogP contribution in [0.1, 0.15) is 118 Å². The summed E-state index contributed by atoms with van der Waals surface area (Å²) in [6, 6.07) is 0. The van der Waals surface area contributed by atoms with E-state index in [9.17, 15) is 9.59 Å². The maximum absolute atomic E-state index is 12.9. The molecule has 0 aliphatic carbocycles. The van der Waals surface area contributed by atoms with Crippen molar-refractivity contribution in [2.75, 3.05) is 0 Å². The molecule has 0 N–H and O–H groups in total. The van der Waals surface area contributed by atoms with Gasteiger partial charge in [0.2, 0.25) is 0 Å². The van der Waals surface area contributed by atoms with E-state index in [1.165, 1.54) is 12.8 Å². The van der Waals surface area contributed by atoms with Gasteiger partial charge in [0.25, 0.3) is 0 Å². The molecule has 7 heteroatoms. The second kappa shape index (κ2) is 19.9. The zero-order valence-corrected chi connectivity index (χ0v) is 25.1. The van der Waals surface area contributed by atoms with Crippen LogP contribution >= 0.6 is 25.3 Å². The Hall–Kier alpha value is 0.439. The Morgan fingerprint density at radius 3 is 1.29 bits per heavy atom. The van der Waals surface area contributed by atoms with E-state index in [2.05, 4.69) is 53.0 Å². The number of carbonyl (C=O) groups excluding carboxylic acids is 2. The van der Waals surface area contributed by atoms with Crippen molar-refractivity contribution in [3.63, 3.8) is 0 Å². The second-order valence-electron chi connectivity index (χ2n) is 8.69. The molecule has 0 amide bonds. The molecule has 0 radical (unpaired) electrons. The van der Waals surface area contributed by atoms with Crippen LogP contribution in [0.4, 0.5) is 0 Å². The van der Waals surface area contributed by atoms with Gasteiger partial charge in [0.15, 0.2) is 0 Å². The quantitative estimate of drug-likeness (QED) is 0.0879. The monoisotopic (exact) mass is 584 g/mol. The first-order chi connectivity index (χ1) is 14.9. The Bertz CT molecular complexity index is 434. The van der Waals surface area contributed by atoms with Gasteiger partial charge in [0.1, 0.15) is 0 Å². The number of rotatable bonds is 20. The van der Waals surface area contributed by atoms with Crippen molar-refractivity contribution in [3.05, 3.63) is 0 Å². The number of hydrogen-bond donors (Lipinski definition) is 2. The Balaban J connectivity index is 5.16. The number of hydrogen-bond acceptors (Lipinski definition) is 6. The van der Waals surface area contributed by atoms with Crippen molar-refractivity contribution >= 4 is 56.4 Å². The topological polar surface area (TPSA) is 52.6 Å². The van der Waals surface area contributed by atoms with E-state index in [1.54, 1.807) is 0 Å². The van der Waals surface area contributed by atoms with E-state index < -0.39 is 29.7 Å². The minimum absolute atomic E-state index is 0.283. The SMILES string of the molecule is CCCCCCC(S)C(=O)[O][Sn]([CH2]CCC)([CH2]CCC)[O]C(=O)C(S)CCCCCC. The summed E-state index contributed by atoms with van der Waals surface area (Å²) in [5, 5.41) is -0.869. The second-order valence-corrected chi connectivity index (χ2v) is 19.2. The summed E-state index contributed by atoms with van der Waals surface area (Å²) >= 11 is 5.13. The Kier molecular flexibility index (Phi) is 20.1. The van der Waals surface area contributed by atoms with Gasteiger partial charge < -0.3 is 0 Å². The van der Waals surface area contributed by atoms with Crippen LogP contribution in [0.5, 0.6) is 0 Å². The number of unbranched alkanes of at least 4 members (excludes halogenated alkanes) is 8. The summed E-state index contributed by atoms with van der Waals surface area (Å²) < 4.78 is 13.7. The molecule has 4 nitrogen and oxygen atoms in total. The van der Waals surface area contributed by atoms with Gasteiger partial charge in [-0.3, -0.25) is 0 Å². The summed E-state index contributed by atoms with van der Waals surface area (Å²) in [6.07, 6.45) is 14.1. The molecular formula is C24H48O4S2Sn. The molecule has 0 aliphatic heterocycles. The van der Waals surface area contributed by atoms with Gasteiger partial charge in [-0.05, 0) is 0 Å². The predicted octanol–water partition coefficient (Wildman–Crippen LogP) is 7.65. The third kappa shape index (κ3) is 15.1. The van der Waals surface area contributed by atoms with E-state index in [1.807, 2.05) is 0 Å². The first kappa shape index (κ1) is 31.4. The average molecular weight is 583 g/mol. The molecule has 0 heterocycles. The van der Waals surface area contributed by atoms with Crippen LogP contribution in [-0.2, 0) is 15.7 Å². The molecule has 0 aromatic heterocycles. The van der Waals surface area contributed by atoms with Gasteiger partial charge in [-0.15, -0.1) is 0 Å². The molecular weight excluding hydrogens is 535 g/mol. The van der Waals surface area contributed by atoms with Crippen molar-refractivity contribution in [1.82, 2.24) is 0 Å². The fourth-order valence-corrected chi connectivity index (χ4v) is 14.5. The van der Waals surface area contributed by atoms with Crippen molar-refractivity contribution in [3.8, 4) is 0 Å². The normalized spacial score (nSPS) is 13.6. The first-order valence-electron chi connectivity index (χ1n) is 12.7. The van der Waals surface area contributed by atoms with Gasteiger partial charge in [-0.25, -0.2) is 0 Å². The summed E-state index contributed by atoms with van der Waals surface area (Å²) in [5.41, 5.74) is 0. The third-order valence-corrected chi connectivity index (χ3v) is 16.2. The van der Waals surface area contributed by atoms with Gasteiger partial charge in [0, 0.05) is 0 Å². The molecule has 184 valence electrons.